The molecule has 1 saturated heterocycles. The Morgan fingerprint density at radius 3 is 2.36 bits per heavy atom. The summed E-state index contributed by atoms with van der Waals surface area (Å²) in [6, 6.07) is 5.77. The smallest absolute Gasteiger partial charge is 0.173 e. The lowest BCUT2D eigenvalue weighted by atomic mass is 9.49. The first-order valence-corrected chi connectivity index (χ1v) is 17.1. The number of fused-ring (bicyclic) bond motifs is 3. The van der Waals surface area contributed by atoms with Gasteiger partial charge in [0.15, 0.2) is 5.11 Å². The number of ether oxygens (including phenoxy) is 2. The van der Waals surface area contributed by atoms with Crippen molar-refractivity contribution in [2.45, 2.75) is 69.6 Å². The predicted octanol–water partition coefficient (Wildman–Crippen LogP) is 6.57. The standard InChI is InChI=1S/C33H41N5O2S2/c1-39-23-7-8-25(26(16-23)40-2)34-32(41)38-11-9-37(10-12-38)29-28-24-5-3-4-6-27(24)42-30(28)36-31(35-29)33-17-20-13-21(18-33)15-22(14-20)19-33/h7-8,16,20-22H,3-6,9-15,17-19H2,1-2H3,(H,34,41). The van der Waals surface area contributed by atoms with Gasteiger partial charge in [-0.15, -0.1) is 11.3 Å². The second-order valence-electron chi connectivity index (χ2n) is 13.4. The SMILES string of the molecule is COc1ccc(NC(=S)N2CCN(c3nc(C45CC6CC(CC(C6)C4)C5)nc4sc5c(c34)CCCC5)CC2)c(OC)c1. The average molecular weight is 604 g/mol. The molecule has 5 aliphatic carbocycles. The van der Waals surface area contributed by atoms with Crippen molar-refractivity contribution in [1.82, 2.24) is 14.9 Å². The quantitative estimate of drug-likeness (QED) is 0.329. The molecule has 7 nitrogen and oxygen atoms in total. The van der Waals surface area contributed by atoms with Gasteiger partial charge in [-0.05, 0) is 112 Å². The molecule has 5 fully saturated rings. The number of hydrogen-bond acceptors (Lipinski definition) is 7. The number of aromatic nitrogens is 2. The molecule has 2 aromatic heterocycles. The molecular formula is C33H41N5O2S2. The number of methoxy groups -OCH3 is 2. The summed E-state index contributed by atoms with van der Waals surface area (Å²) in [5, 5.41) is 5.51. The maximum absolute atomic E-state index is 5.88. The number of benzene rings is 1. The zero-order valence-electron chi connectivity index (χ0n) is 24.8. The minimum Gasteiger partial charge on any atom is -0.497 e. The molecule has 1 aliphatic heterocycles. The Morgan fingerprint density at radius 1 is 0.952 bits per heavy atom. The van der Waals surface area contributed by atoms with E-state index in [2.05, 4.69) is 15.1 Å². The van der Waals surface area contributed by atoms with Gasteiger partial charge < -0.3 is 24.6 Å². The van der Waals surface area contributed by atoms with Crippen molar-refractivity contribution in [3.8, 4) is 11.5 Å². The van der Waals surface area contributed by atoms with E-state index in [4.69, 9.17) is 31.7 Å². The first-order valence-electron chi connectivity index (χ1n) is 15.9. The van der Waals surface area contributed by atoms with Crippen molar-refractivity contribution >= 4 is 50.4 Å². The molecule has 1 aromatic carbocycles. The van der Waals surface area contributed by atoms with Crippen LogP contribution in [0.5, 0.6) is 11.5 Å². The van der Waals surface area contributed by atoms with Crippen molar-refractivity contribution in [1.29, 1.82) is 0 Å². The molecule has 42 heavy (non-hydrogen) atoms. The Labute approximate surface area is 258 Å². The van der Waals surface area contributed by atoms with Crippen molar-refractivity contribution in [3.05, 3.63) is 34.5 Å². The van der Waals surface area contributed by atoms with Crippen LogP contribution in [0.15, 0.2) is 18.2 Å². The fourth-order valence-corrected chi connectivity index (χ4v) is 10.8. The zero-order chi connectivity index (χ0) is 28.4. The molecule has 222 valence electrons. The molecule has 1 N–H and O–H groups in total. The molecule has 0 atom stereocenters. The van der Waals surface area contributed by atoms with Crippen molar-refractivity contribution in [2.75, 3.05) is 50.6 Å². The number of nitrogens with one attached hydrogen (secondary N) is 1. The van der Waals surface area contributed by atoms with Crippen molar-refractivity contribution in [3.63, 3.8) is 0 Å². The van der Waals surface area contributed by atoms with Gasteiger partial charge >= 0.3 is 0 Å². The summed E-state index contributed by atoms with van der Waals surface area (Å²) in [5.41, 5.74) is 2.60. The van der Waals surface area contributed by atoms with Crippen LogP contribution in [0.4, 0.5) is 11.5 Å². The number of aryl methyl sites for hydroxylation is 2. The summed E-state index contributed by atoms with van der Waals surface area (Å²) in [4.78, 5) is 18.7. The van der Waals surface area contributed by atoms with Crippen LogP contribution < -0.4 is 19.7 Å². The predicted molar refractivity (Wildman–Crippen MR) is 173 cm³/mol. The van der Waals surface area contributed by atoms with Crippen LogP contribution in [0.25, 0.3) is 10.2 Å². The molecule has 0 spiro atoms. The second kappa shape index (κ2) is 10.5. The number of thiophene rings is 1. The van der Waals surface area contributed by atoms with Crippen LogP contribution in [0.1, 0.15) is 67.6 Å². The molecule has 4 bridgehead atoms. The van der Waals surface area contributed by atoms with Gasteiger partial charge in [0.2, 0.25) is 0 Å². The maximum Gasteiger partial charge on any atom is 0.173 e. The van der Waals surface area contributed by atoms with E-state index < -0.39 is 0 Å². The van der Waals surface area contributed by atoms with E-state index in [0.29, 0.717) is 0 Å². The maximum atomic E-state index is 5.88. The van der Waals surface area contributed by atoms with E-state index in [9.17, 15) is 0 Å². The van der Waals surface area contributed by atoms with Crippen LogP contribution in [0.2, 0.25) is 0 Å². The Hall–Kier alpha value is -2.65. The number of nitrogens with zero attached hydrogens (tertiary/aromatic N) is 4. The number of rotatable bonds is 5. The van der Waals surface area contributed by atoms with Crippen LogP contribution in [-0.2, 0) is 18.3 Å². The third-order valence-corrected chi connectivity index (χ3v) is 12.4. The molecule has 0 radical (unpaired) electrons. The zero-order valence-corrected chi connectivity index (χ0v) is 26.4. The van der Waals surface area contributed by atoms with Crippen LogP contribution >= 0.6 is 23.6 Å². The second-order valence-corrected chi connectivity index (χ2v) is 14.9. The summed E-state index contributed by atoms with van der Waals surface area (Å²) in [7, 11) is 3.33. The number of anilines is 2. The number of piperazine rings is 1. The lowest BCUT2D eigenvalue weighted by molar-refractivity contribution is -0.00918. The van der Waals surface area contributed by atoms with E-state index in [1.165, 1.54) is 86.1 Å². The topological polar surface area (TPSA) is 62.8 Å². The summed E-state index contributed by atoms with van der Waals surface area (Å²) in [5.74, 6) is 6.52. The fourth-order valence-electron chi connectivity index (χ4n) is 9.21. The Bertz CT molecular complexity index is 1490. The Kier molecular flexibility index (Phi) is 6.74. The van der Waals surface area contributed by atoms with E-state index in [1.54, 1.807) is 24.7 Å². The van der Waals surface area contributed by atoms with Crippen molar-refractivity contribution in [2.24, 2.45) is 17.8 Å². The normalized spacial score (nSPS) is 28.2. The van der Waals surface area contributed by atoms with Crippen molar-refractivity contribution < 1.29 is 9.47 Å². The highest BCUT2D eigenvalue weighted by Crippen LogP contribution is 2.60. The number of thiocarbonyl (C=S) groups is 1. The van der Waals surface area contributed by atoms with Gasteiger partial charge in [-0.3, -0.25) is 0 Å². The van der Waals surface area contributed by atoms with Gasteiger partial charge in [-0.25, -0.2) is 9.97 Å². The third-order valence-electron chi connectivity index (χ3n) is 10.8. The third kappa shape index (κ3) is 4.53. The molecule has 9 heteroatoms. The van der Waals surface area contributed by atoms with E-state index in [1.807, 2.05) is 29.5 Å². The lowest BCUT2D eigenvalue weighted by Gasteiger charge is -2.56. The monoisotopic (exact) mass is 603 g/mol. The summed E-state index contributed by atoms with van der Waals surface area (Å²) in [6.07, 6.45) is 13.2. The molecule has 3 heterocycles. The minimum atomic E-state index is 0.201. The van der Waals surface area contributed by atoms with E-state index >= 15 is 0 Å². The molecule has 6 aliphatic rings. The number of hydrogen-bond donors (Lipinski definition) is 1. The van der Waals surface area contributed by atoms with Gasteiger partial charge in [0, 0.05) is 42.5 Å². The summed E-state index contributed by atoms with van der Waals surface area (Å²) < 4.78 is 10.9. The first-order chi connectivity index (χ1) is 20.5. The average Bonchev–Trinajstić information content (AvgIpc) is 3.39. The minimum absolute atomic E-state index is 0.201. The molecule has 0 unspecified atom stereocenters. The van der Waals surface area contributed by atoms with E-state index in [0.717, 1.165) is 66.2 Å². The fraction of sp³-hybridized carbons (Fsp3) is 0.606. The van der Waals surface area contributed by atoms with Gasteiger partial charge in [-0.2, -0.15) is 0 Å². The van der Waals surface area contributed by atoms with Gasteiger partial charge in [-0.1, -0.05) is 0 Å². The largest absolute Gasteiger partial charge is 0.497 e. The van der Waals surface area contributed by atoms with Gasteiger partial charge in [0.1, 0.15) is 28.0 Å². The summed E-state index contributed by atoms with van der Waals surface area (Å²) >= 11 is 7.85. The van der Waals surface area contributed by atoms with Crippen LogP contribution in [0.3, 0.4) is 0 Å². The van der Waals surface area contributed by atoms with Crippen LogP contribution in [0, 0.1) is 17.8 Å². The summed E-state index contributed by atoms with van der Waals surface area (Å²) in [6.45, 7) is 3.51. The molecule has 3 aromatic rings. The van der Waals surface area contributed by atoms with Crippen LogP contribution in [-0.4, -0.2) is 60.4 Å². The molecule has 0 amide bonds. The lowest BCUT2D eigenvalue weighted by Crippen LogP contribution is -2.51. The highest BCUT2D eigenvalue weighted by atomic mass is 32.1. The van der Waals surface area contributed by atoms with Gasteiger partial charge in [0.25, 0.3) is 0 Å². The highest BCUT2D eigenvalue weighted by molar-refractivity contribution is 7.80. The molecule has 4 saturated carbocycles. The molecular weight excluding hydrogens is 563 g/mol. The van der Waals surface area contributed by atoms with E-state index in [-0.39, 0.29) is 5.41 Å². The Balaban J connectivity index is 1.07. The first kappa shape index (κ1) is 26.9. The van der Waals surface area contributed by atoms with Gasteiger partial charge in [0.05, 0.1) is 25.3 Å². The molecule has 9 rings (SSSR count). The Morgan fingerprint density at radius 2 is 1.67 bits per heavy atom. The highest BCUT2D eigenvalue weighted by Gasteiger charge is 2.53.